The molecule has 0 bridgehead atoms. The summed E-state index contributed by atoms with van der Waals surface area (Å²) in [7, 11) is 0. The van der Waals surface area contributed by atoms with Crippen LogP contribution in [0, 0.1) is 5.92 Å². The number of halogens is 2. The van der Waals surface area contributed by atoms with Crippen LogP contribution in [0.1, 0.15) is 36.1 Å². The first-order valence-corrected chi connectivity index (χ1v) is 10.5. The third-order valence-corrected chi connectivity index (χ3v) is 6.22. The van der Waals surface area contributed by atoms with Gasteiger partial charge in [-0.25, -0.2) is 0 Å². The molecule has 0 spiro atoms. The summed E-state index contributed by atoms with van der Waals surface area (Å²) in [6, 6.07) is 15.2. The molecule has 0 unspecified atom stereocenters. The third-order valence-electron chi connectivity index (χ3n) is 5.36. The molecular formula is C21H21Cl2NO2S. The quantitative estimate of drug-likeness (QED) is 0.659. The van der Waals surface area contributed by atoms with Gasteiger partial charge in [-0.05, 0) is 54.2 Å². The Hall–Kier alpha value is -1.20. The fourth-order valence-corrected chi connectivity index (χ4v) is 4.72. The molecule has 142 valence electrons. The molecule has 4 rings (SSSR count). The maximum Gasteiger partial charge on any atom is 0.249 e. The van der Waals surface area contributed by atoms with E-state index in [9.17, 15) is 4.79 Å². The zero-order valence-corrected chi connectivity index (χ0v) is 17.1. The van der Waals surface area contributed by atoms with E-state index < -0.39 is 0 Å². The van der Waals surface area contributed by atoms with Crippen LogP contribution in [-0.2, 0) is 9.53 Å². The van der Waals surface area contributed by atoms with Gasteiger partial charge in [0.05, 0.1) is 6.04 Å². The van der Waals surface area contributed by atoms with Crippen LogP contribution in [0.2, 0.25) is 10.0 Å². The molecule has 1 aliphatic carbocycles. The van der Waals surface area contributed by atoms with E-state index in [0.29, 0.717) is 21.7 Å². The lowest BCUT2D eigenvalue weighted by molar-refractivity contribution is -0.163. The number of morpholine rings is 1. The van der Waals surface area contributed by atoms with Gasteiger partial charge in [0.15, 0.2) is 0 Å². The minimum absolute atomic E-state index is 0.0131. The van der Waals surface area contributed by atoms with Crippen LogP contribution in [0.3, 0.4) is 0 Å². The number of carbonyl (C=O) groups is 1. The van der Waals surface area contributed by atoms with E-state index in [-0.39, 0.29) is 30.7 Å². The topological polar surface area (TPSA) is 29.5 Å². The standard InChI is InChI=1S/C21H21Cl2NO2S/c22-16-8-6-14(7-9-16)20-21(15-2-1-3-17(23)10-15)26-11-19(25)24(20)18(12-27)13-4-5-13/h1-3,6-10,13,18,20-21,27H,4-5,11-12H2/t18-,20-,21-/m1/s1. The Morgan fingerprint density at radius 3 is 2.44 bits per heavy atom. The van der Waals surface area contributed by atoms with Crippen molar-refractivity contribution in [3.05, 3.63) is 69.7 Å². The Balaban J connectivity index is 1.79. The lowest BCUT2D eigenvalue weighted by Gasteiger charge is -2.45. The second-order valence-corrected chi connectivity index (χ2v) is 8.41. The number of benzene rings is 2. The number of hydrogen-bond donors (Lipinski definition) is 1. The van der Waals surface area contributed by atoms with E-state index in [1.54, 1.807) is 0 Å². The monoisotopic (exact) mass is 421 g/mol. The van der Waals surface area contributed by atoms with Gasteiger partial charge in [0.2, 0.25) is 5.91 Å². The second-order valence-electron chi connectivity index (χ2n) is 7.17. The molecule has 0 radical (unpaired) electrons. The summed E-state index contributed by atoms with van der Waals surface area (Å²) in [6.07, 6.45) is 2.00. The molecule has 27 heavy (non-hydrogen) atoms. The van der Waals surface area contributed by atoms with E-state index in [4.69, 9.17) is 27.9 Å². The third kappa shape index (κ3) is 4.00. The van der Waals surface area contributed by atoms with Crippen LogP contribution in [0.5, 0.6) is 0 Å². The molecule has 0 N–H and O–H groups in total. The Morgan fingerprint density at radius 1 is 1.07 bits per heavy atom. The largest absolute Gasteiger partial charge is 0.361 e. The molecule has 1 saturated heterocycles. The van der Waals surface area contributed by atoms with Gasteiger partial charge >= 0.3 is 0 Å². The summed E-state index contributed by atoms with van der Waals surface area (Å²) in [4.78, 5) is 14.9. The molecule has 2 aromatic rings. The van der Waals surface area contributed by atoms with Crippen molar-refractivity contribution in [1.29, 1.82) is 0 Å². The van der Waals surface area contributed by atoms with Crippen molar-refractivity contribution in [3.63, 3.8) is 0 Å². The van der Waals surface area contributed by atoms with Gasteiger partial charge in [-0.2, -0.15) is 12.6 Å². The van der Waals surface area contributed by atoms with Gasteiger partial charge in [0.25, 0.3) is 0 Å². The fourth-order valence-electron chi connectivity index (χ4n) is 3.92. The molecule has 3 atom stereocenters. The summed E-state index contributed by atoms with van der Waals surface area (Å²) in [6.45, 7) is 0.0677. The lowest BCUT2D eigenvalue weighted by atomic mass is 9.91. The molecule has 2 aliphatic rings. The van der Waals surface area contributed by atoms with Crippen molar-refractivity contribution >= 4 is 41.7 Å². The van der Waals surface area contributed by atoms with Crippen molar-refractivity contribution < 1.29 is 9.53 Å². The number of hydrogen-bond acceptors (Lipinski definition) is 3. The highest BCUT2D eigenvalue weighted by atomic mass is 35.5. The number of carbonyl (C=O) groups excluding carboxylic acids is 1. The van der Waals surface area contributed by atoms with Gasteiger partial charge < -0.3 is 9.64 Å². The first kappa shape index (κ1) is 19.1. The van der Waals surface area contributed by atoms with Gasteiger partial charge in [-0.1, -0.05) is 47.5 Å². The number of nitrogens with zero attached hydrogens (tertiary/aromatic N) is 1. The number of rotatable bonds is 5. The normalized spacial score (nSPS) is 24.1. The molecule has 1 amide bonds. The maximum absolute atomic E-state index is 12.9. The molecule has 2 fully saturated rings. The molecule has 1 aliphatic heterocycles. The van der Waals surface area contributed by atoms with Crippen LogP contribution < -0.4 is 0 Å². The highest BCUT2D eigenvalue weighted by Gasteiger charge is 2.46. The van der Waals surface area contributed by atoms with Crippen molar-refractivity contribution in [2.75, 3.05) is 12.4 Å². The van der Waals surface area contributed by atoms with E-state index >= 15 is 0 Å². The molecule has 6 heteroatoms. The highest BCUT2D eigenvalue weighted by Crippen LogP contribution is 2.46. The molecule has 2 aromatic carbocycles. The predicted molar refractivity (Wildman–Crippen MR) is 112 cm³/mol. The molecule has 3 nitrogen and oxygen atoms in total. The first-order chi connectivity index (χ1) is 13.1. The van der Waals surface area contributed by atoms with Gasteiger partial charge in [0.1, 0.15) is 12.7 Å². The summed E-state index contributed by atoms with van der Waals surface area (Å²) < 4.78 is 6.05. The van der Waals surface area contributed by atoms with Crippen LogP contribution >= 0.6 is 35.8 Å². The van der Waals surface area contributed by atoms with E-state index in [1.165, 1.54) is 0 Å². The van der Waals surface area contributed by atoms with Crippen molar-refractivity contribution in [3.8, 4) is 0 Å². The molecular weight excluding hydrogens is 401 g/mol. The predicted octanol–water partition coefficient (Wildman–Crippen LogP) is 5.34. The Morgan fingerprint density at radius 2 is 1.81 bits per heavy atom. The first-order valence-electron chi connectivity index (χ1n) is 9.13. The SMILES string of the molecule is O=C1CO[C@H](c2cccc(Cl)c2)[C@@H](c2ccc(Cl)cc2)N1[C@H](CS)C1CC1. The zero-order chi connectivity index (χ0) is 19.0. The Labute approximate surface area is 175 Å². The Bertz CT molecular complexity index is 825. The van der Waals surface area contributed by atoms with E-state index in [1.807, 2.05) is 53.4 Å². The molecule has 1 heterocycles. The average Bonchev–Trinajstić information content (AvgIpc) is 3.49. The average molecular weight is 422 g/mol. The number of ether oxygens (including phenoxy) is 1. The smallest absolute Gasteiger partial charge is 0.249 e. The number of amides is 1. The zero-order valence-electron chi connectivity index (χ0n) is 14.7. The maximum atomic E-state index is 12.9. The van der Waals surface area contributed by atoms with Gasteiger partial charge in [-0.15, -0.1) is 0 Å². The van der Waals surface area contributed by atoms with Crippen LogP contribution in [-0.4, -0.2) is 29.2 Å². The van der Waals surface area contributed by atoms with Crippen molar-refractivity contribution in [1.82, 2.24) is 4.90 Å². The van der Waals surface area contributed by atoms with Gasteiger partial charge in [0, 0.05) is 21.8 Å². The van der Waals surface area contributed by atoms with E-state index in [2.05, 4.69) is 12.6 Å². The molecule has 0 aromatic heterocycles. The second kappa shape index (κ2) is 8.04. The molecule has 1 saturated carbocycles. The summed E-state index contributed by atoms with van der Waals surface area (Å²) >= 11 is 16.9. The lowest BCUT2D eigenvalue weighted by Crippen LogP contribution is -2.52. The summed E-state index contributed by atoms with van der Waals surface area (Å²) in [5.74, 6) is 1.17. The van der Waals surface area contributed by atoms with Gasteiger partial charge in [-0.3, -0.25) is 4.79 Å². The summed E-state index contributed by atoms with van der Waals surface area (Å²) in [5, 5.41) is 1.32. The highest BCUT2D eigenvalue weighted by molar-refractivity contribution is 7.80. The van der Waals surface area contributed by atoms with Crippen LogP contribution in [0.4, 0.5) is 0 Å². The van der Waals surface area contributed by atoms with Crippen molar-refractivity contribution in [2.24, 2.45) is 5.92 Å². The summed E-state index contributed by atoms with van der Waals surface area (Å²) in [5.41, 5.74) is 1.97. The van der Waals surface area contributed by atoms with Crippen LogP contribution in [0.15, 0.2) is 48.5 Å². The fraction of sp³-hybridized carbons (Fsp3) is 0.381. The number of thiol groups is 1. The minimum Gasteiger partial charge on any atom is -0.361 e. The van der Waals surface area contributed by atoms with E-state index in [0.717, 1.165) is 24.0 Å². The van der Waals surface area contributed by atoms with Crippen molar-refractivity contribution in [2.45, 2.75) is 31.0 Å². The Kier molecular flexibility index (Phi) is 5.70. The minimum atomic E-state index is -0.288. The van der Waals surface area contributed by atoms with Crippen LogP contribution in [0.25, 0.3) is 0 Å².